The quantitative estimate of drug-likeness (QED) is 0.741. The van der Waals surface area contributed by atoms with Crippen molar-refractivity contribution in [3.63, 3.8) is 0 Å². The standard InChI is InChI=1S/C19H26N2O4/c1-4-8-15-17(19(22)24-5-2)16(13(11-20)18(21)25-15)12-9-6-7-10-14(12)23-3/h16H,4-10,21H2,1-3H3. The Labute approximate surface area is 148 Å². The first-order chi connectivity index (χ1) is 12.1. The third-order valence-corrected chi connectivity index (χ3v) is 4.52. The van der Waals surface area contributed by atoms with Crippen molar-refractivity contribution in [3.8, 4) is 6.07 Å². The van der Waals surface area contributed by atoms with E-state index in [4.69, 9.17) is 19.9 Å². The molecule has 0 bridgehead atoms. The smallest absolute Gasteiger partial charge is 0.338 e. The zero-order chi connectivity index (χ0) is 18.4. The molecule has 1 heterocycles. The maximum Gasteiger partial charge on any atom is 0.338 e. The second kappa shape index (κ2) is 8.61. The molecule has 2 N–H and O–H groups in total. The molecule has 136 valence electrons. The highest BCUT2D eigenvalue weighted by molar-refractivity contribution is 5.92. The molecule has 0 radical (unpaired) electrons. The van der Waals surface area contributed by atoms with E-state index in [1.54, 1.807) is 14.0 Å². The fourth-order valence-electron chi connectivity index (χ4n) is 3.45. The predicted molar refractivity (Wildman–Crippen MR) is 92.5 cm³/mol. The van der Waals surface area contributed by atoms with Gasteiger partial charge in [0.1, 0.15) is 17.4 Å². The van der Waals surface area contributed by atoms with Crippen LogP contribution in [0, 0.1) is 17.2 Å². The number of esters is 1. The molecule has 0 aromatic rings. The van der Waals surface area contributed by atoms with Gasteiger partial charge in [0.05, 0.1) is 31.0 Å². The zero-order valence-corrected chi connectivity index (χ0v) is 15.2. The molecule has 1 aliphatic heterocycles. The van der Waals surface area contributed by atoms with Gasteiger partial charge in [-0.1, -0.05) is 6.92 Å². The van der Waals surface area contributed by atoms with Crippen molar-refractivity contribution in [3.05, 3.63) is 34.1 Å². The van der Waals surface area contributed by atoms with E-state index in [1.807, 2.05) is 6.92 Å². The molecule has 6 nitrogen and oxygen atoms in total. The second-order valence-corrected chi connectivity index (χ2v) is 6.09. The van der Waals surface area contributed by atoms with Crippen LogP contribution in [-0.4, -0.2) is 19.7 Å². The molecule has 25 heavy (non-hydrogen) atoms. The summed E-state index contributed by atoms with van der Waals surface area (Å²) in [6.07, 6.45) is 4.90. The van der Waals surface area contributed by atoms with Crippen molar-refractivity contribution in [2.75, 3.05) is 13.7 Å². The number of nitriles is 1. The number of nitrogens with zero attached hydrogens (tertiary/aromatic N) is 1. The number of hydrogen-bond donors (Lipinski definition) is 1. The molecule has 0 spiro atoms. The summed E-state index contributed by atoms with van der Waals surface area (Å²) in [5, 5.41) is 9.66. The van der Waals surface area contributed by atoms with E-state index in [0.29, 0.717) is 17.8 Å². The van der Waals surface area contributed by atoms with Gasteiger partial charge in [-0.05, 0) is 38.2 Å². The number of hydrogen-bond acceptors (Lipinski definition) is 6. The minimum atomic E-state index is -0.547. The van der Waals surface area contributed by atoms with Gasteiger partial charge < -0.3 is 19.9 Å². The van der Waals surface area contributed by atoms with Gasteiger partial charge in [0.15, 0.2) is 0 Å². The maximum absolute atomic E-state index is 12.7. The predicted octanol–water partition coefficient (Wildman–Crippen LogP) is 3.42. The number of ether oxygens (including phenoxy) is 3. The number of carbonyl (C=O) groups excluding carboxylic acids is 1. The first kappa shape index (κ1) is 18.9. The first-order valence-corrected chi connectivity index (χ1v) is 8.82. The summed E-state index contributed by atoms with van der Waals surface area (Å²) in [7, 11) is 1.62. The molecule has 2 aliphatic rings. The van der Waals surface area contributed by atoms with Gasteiger partial charge in [0.2, 0.25) is 5.88 Å². The maximum atomic E-state index is 12.7. The van der Waals surface area contributed by atoms with Crippen LogP contribution >= 0.6 is 0 Å². The Kier molecular flexibility index (Phi) is 6.51. The molecule has 1 unspecified atom stereocenters. The summed E-state index contributed by atoms with van der Waals surface area (Å²) in [5.41, 5.74) is 7.60. The van der Waals surface area contributed by atoms with Gasteiger partial charge in [-0.25, -0.2) is 4.79 Å². The Balaban J connectivity index is 2.65. The molecule has 0 saturated carbocycles. The van der Waals surface area contributed by atoms with Gasteiger partial charge in [0, 0.05) is 12.8 Å². The molecule has 0 amide bonds. The molecule has 0 aromatic heterocycles. The van der Waals surface area contributed by atoms with Gasteiger partial charge in [-0.2, -0.15) is 5.26 Å². The first-order valence-electron chi connectivity index (χ1n) is 8.82. The largest absolute Gasteiger partial charge is 0.501 e. The lowest BCUT2D eigenvalue weighted by Gasteiger charge is -2.32. The normalized spacial score (nSPS) is 21.0. The number of nitrogens with two attached hydrogens (primary N) is 1. The Morgan fingerprint density at radius 3 is 2.68 bits per heavy atom. The molecule has 0 aromatic carbocycles. The molecule has 2 rings (SSSR count). The lowest BCUT2D eigenvalue weighted by atomic mass is 9.77. The Bertz CT molecular complexity index is 667. The summed E-state index contributed by atoms with van der Waals surface area (Å²) in [5.74, 6) is 0.393. The topological polar surface area (TPSA) is 94.6 Å². The van der Waals surface area contributed by atoms with Crippen molar-refractivity contribution in [1.82, 2.24) is 0 Å². The molecule has 1 aliphatic carbocycles. The average Bonchev–Trinajstić information content (AvgIpc) is 2.61. The summed E-state index contributed by atoms with van der Waals surface area (Å²) >= 11 is 0. The number of allylic oxidation sites excluding steroid dienone is 4. The molecular weight excluding hydrogens is 320 g/mol. The number of carbonyl (C=O) groups is 1. The van der Waals surface area contributed by atoms with Crippen LogP contribution in [0.5, 0.6) is 0 Å². The minimum absolute atomic E-state index is 0.0672. The highest BCUT2D eigenvalue weighted by atomic mass is 16.5. The molecule has 0 fully saturated rings. The molecule has 6 heteroatoms. The van der Waals surface area contributed by atoms with Crippen LogP contribution in [0.15, 0.2) is 34.1 Å². The highest BCUT2D eigenvalue weighted by Crippen LogP contribution is 2.43. The highest BCUT2D eigenvalue weighted by Gasteiger charge is 2.40. The summed E-state index contributed by atoms with van der Waals surface area (Å²) in [6.45, 7) is 4.01. The van der Waals surface area contributed by atoms with Crippen molar-refractivity contribution in [2.24, 2.45) is 11.7 Å². The third-order valence-electron chi connectivity index (χ3n) is 4.52. The summed E-state index contributed by atoms with van der Waals surface area (Å²) in [6, 6.07) is 2.13. The van der Waals surface area contributed by atoms with Crippen molar-refractivity contribution in [1.29, 1.82) is 5.26 Å². The van der Waals surface area contributed by atoms with Gasteiger partial charge >= 0.3 is 5.97 Å². The van der Waals surface area contributed by atoms with Crippen LogP contribution in [-0.2, 0) is 19.0 Å². The summed E-state index contributed by atoms with van der Waals surface area (Å²) < 4.78 is 16.5. The number of rotatable bonds is 6. The second-order valence-electron chi connectivity index (χ2n) is 6.09. The average molecular weight is 346 g/mol. The van der Waals surface area contributed by atoms with Crippen LogP contribution < -0.4 is 5.73 Å². The Hall–Kier alpha value is -2.42. The van der Waals surface area contributed by atoms with E-state index >= 15 is 0 Å². The van der Waals surface area contributed by atoms with E-state index in [9.17, 15) is 10.1 Å². The van der Waals surface area contributed by atoms with Gasteiger partial charge in [-0.15, -0.1) is 0 Å². The van der Waals surface area contributed by atoms with Crippen molar-refractivity contribution in [2.45, 2.75) is 52.4 Å². The fraction of sp³-hybridized carbons (Fsp3) is 0.579. The van der Waals surface area contributed by atoms with Crippen LogP contribution in [0.3, 0.4) is 0 Å². The van der Waals surface area contributed by atoms with E-state index in [-0.39, 0.29) is 18.1 Å². The summed E-state index contributed by atoms with van der Waals surface area (Å²) in [4.78, 5) is 12.7. The lowest BCUT2D eigenvalue weighted by molar-refractivity contribution is -0.139. The molecule has 1 atom stereocenters. The van der Waals surface area contributed by atoms with Crippen LogP contribution in [0.25, 0.3) is 0 Å². The van der Waals surface area contributed by atoms with Gasteiger partial charge in [0.25, 0.3) is 0 Å². The van der Waals surface area contributed by atoms with Crippen LogP contribution in [0.1, 0.15) is 52.4 Å². The van der Waals surface area contributed by atoms with Crippen molar-refractivity contribution >= 4 is 5.97 Å². The SMILES string of the molecule is CCCC1=C(C(=O)OCC)C(C2=C(OC)CCCC2)C(C#N)=C(N)O1. The zero-order valence-electron chi connectivity index (χ0n) is 15.2. The monoisotopic (exact) mass is 346 g/mol. The Morgan fingerprint density at radius 2 is 2.08 bits per heavy atom. The lowest BCUT2D eigenvalue weighted by Crippen LogP contribution is -2.30. The molecular formula is C19H26N2O4. The van der Waals surface area contributed by atoms with E-state index in [0.717, 1.165) is 43.4 Å². The van der Waals surface area contributed by atoms with Crippen LogP contribution in [0.2, 0.25) is 0 Å². The third kappa shape index (κ3) is 3.81. The minimum Gasteiger partial charge on any atom is -0.501 e. The van der Waals surface area contributed by atoms with Crippen molar-refractivity contribution < 1.29 is 19.0 Å². The van der Waals surface area contributed by atoms with E-state index in [2.05, 4.69) is 6.07 Å². The fourth-order valence-corrected chi connectivity index (χ4v) is 3.45. The van der Waals surface area contributed by atoms with E-state index in [1.165, 1.54) is 0 Å². The molecule has 0 saturated heterocycles. The van der Waals surface area contributed by atoms with Gasteiger partial charge in [-0.3, -0.25) is 0 Å². The number of methoxy groups -OCH3 is 1. The van der Waals surface area contributed by atoms with E-state index < -0.39 is 11.9 Å². The Morgan fingerprint density at radius 1 is 1.36 bits per heavy atom. The van der Waals surface area contributed by atoms with Crippen LogP contribution in [0.4, 0.5) is 0 Å².